The molecule has 0 spiro atoms. The van der Waals surface area contributed by atoms with Crippen LogP contribution in [-0.4, -0.2) is 15.9 Å². The standard InChI is InChI=1S/C10H8N4OS/c11-10-12-4-5-3-7(15)13-6-1-2-16-9(6)8(5)14-10/h1-2,4H,3H2,(H,13,15)(H2,11,12,14). The van der Waals surface area contributed by atoms with Crippen LogP contribution in [0.25, 0.3) is 10.6 Å². The van der Waals surface area contributed by atoms with Crippen molar-refractivity contribution >= 4 is 28.9 Å². The summed E-state index contributed by atoms with van der Waals surface area (Å²) < 4.78 is 0. The Labute approximate surface area is 95.3 Å². The normalized spacial score (nSPS) is 13.6. The predicted molar refractivity (Wildman–Crippen MR) is 62.1 cm³/mol. The molecular weight excluding hydrogens is 224 g/mol. The Morgan fingerprint density at radius 2 is 2.38 bits per heavy atom. The molecule has 2 aromatic heterocycles. The molecule has 0 saturated carbocycles. The van der Waals surface area contributed by atoms with Gasteiger partial charge in [-0.05, 0) is 11.4 Å². The van der Waals surface area contributed by atoms with Gasteiger partial charge in [-0.3, -0.25) is 4.79 Å². The minimum atomic E-state index is -0.0493. The minimum Gasteiger partial charge on any atom is -0.368 e. The maximum atomic E-state index is 11.6. The van der Waals surface area contributed by atoms with Crippen molar-refractivity contribution in [3.05, 3.63) is 23.2 Å². The summed E-state index contributed by atoms with van der Waals surface area (Å²) in [6.45, 7) is 0. The van der Waals surface area contributed by atoms with Gasteiger partial charge in [0.25, 0.3) is 0 Å². The van der Waals surface area contributed by atoms with Crippen molar-refractivity contribution in [2.24, 2.45) is 0 Å². The fourth-order valence-corrected chi connectivity index (χ4v) is 2.58. The molecular formula is C10H8N4OS. The highest BCUT2D eigenvalue weighted by Gasteiger charge is 2.21. The third-order valence-electron chi connectivity index (χ3n) is 2.39. The minimum absolute atomic E-state index is 0.0493. The summed E-state index contributed by atoms with van der Waals surface area (Å²) in [5.74, 6) is 0.180. The fraction of sp³-hybridized carbons (Fsp3) is 0.100. The molecule has 3 N–H and O–H groups in total. The number of hydrogen-bond acceptors (Lipinski definition) is 5. The van der Waals surface area contributed by atoms with Crippen LogP contribution in [0.5, 0.6) is 0 Å². The van der Waals surface area contributed by atoms with E-state index in [0.29, 0.717) is 0 Å². The highest BCUT2D eigenvalue weighted by molar-refractivity contribution is 7.14. The Balaban J connectivity index is 2.29. The summed E-state index contributed by atoms with van der Waals surface area (Å²) >= 11 is 1.53. The molecule has 1 aliphatic heterocycles. The first kappa shape index (κ1) is 9.29. The Kier molecular flexibility index (Phi) is 1.90. The topological polar surface area (TPSA) is 80.9 Å². The smallest absolute Gasteiger partial charge is 0.228 e. The summed E-state index contributed by atoms with van der Waals surface area (Å²) in [6, 6.07) is 1.87. The summed E-state index contributed by atoms with van der Waals surface area (Å²) in [5.41, 5.74) is 7.94. The van der Waals surface area contributed by atoms with E-state index >= 15 is 0 Å². The van der Waals surface area contributed by atoms with Crippen LogP contribution in [0.2, 0.25) is 0 Å². The number of nitrogen functional groups attached to an aromatic ring is 1. The van der Waals surface area contributed by atoms with E-state index in [4.69, 9.17) is 5.73 Å². The van der Waals surface area contributed by atoms with E-state index in [-0.39, 0.29) is 18.3 Å². The molecule has 1 aliphatic rings. The summed E-state index contributed by atoms with van der Waals surface area (Å²) in [5, 5.41) is 4.75. The van der Waals surface area contributed by atoms with Gasteiger partial charge in [0.05, 0.1) is 22.7 Å². The van der Waals surface area contributed by atoms with Gasteiger partial charge in [-0.1, -0.05) is 0 Å². The van der Waals surface area contributed by atoms with Crippen LogP contribution in [0, 0.1) is 0 Å². The molecule has 0 atom stereocenters. The number of thiophene rings is 1. The number of anilines is 2. The molecule has 16 heavy (non-hydrogen) atoms. The summed E-state index contributed by atoms with van der Waals surface area (Å²) in [4.78, 5) is 20.7. The lowest BCUT2D eigenvalue weighted by Crippen LogP contribution is -2.12. The van der Waals surface area contributed by atoms with Crippen LogP contribution < -0.4 is 11.1 Å². The average molecular weight is 232 g/mol. The number of carbonyl (C=O) groups excluding carboxylic acids is 1. The van der Waals surface area contributed by atoms with Gasteiger partial charge < -0.3 is 11.1 Å². The second kappa shape index (κ2) is 3.28. The Morgan fingerprint density at radius 3 is 3.25 bits per heavy atom. The Morgan fingerprint density at radius 1 is 1.50 bits per heavy atom. The van der Waals surface area contributed by atoms with Gasteiger partial charge in [0.2, 0.25) is 11.9 Å². The number of rotatable bonds is 0. The first-order valence-corrected chi connectivity index (χ1v) is 5.61. The molecule has 6 heteroatoms. The summed E-state index contributed by atoms with van der Waals surface area (Å²) in [6.07, 6.45) is 1.91. The van der Waals surface area contributed by atoms with Crippen LogP contribution >= 0.6 is 11.3 Å². The lowest BCUT2D eigenvalue weighted by Gasteiger charge is -2.02. The van der Waals surface area contributed by atoms with E-state index in [1.54, 1.807) is 6.20 Å². The van der Waals surface area contributed by atoms with E-state index in [9.17, 15) is 4.79 Å². The van der Waals surface area contributed by atoms with Gasteiger partial charge in [-0.15, -0.1) is 11.3 Å². The lowest BCUT2D eigenvalue weighted by atomic mass is 10.1. The third kappa shape index (κ3) is 1.35. The van der Waals surface area contributed by atoms with Crippen molar-refractivity contribution in [1.82, 2.24) is 9.97 Å². The monoisotopic (exact) mass is 232 g/mol. The molecule has 1 amide bonds. The van der Waals surface area contributed by atoms with E-state index in [2.05, 4.69) is 15.3 Å². The number of amides is 1. The molecule has 0 unspecified atom stereocenters. The van der Waals surface area contributed by atoms with Crippen LogP contribution in [0.1, 0.15) is 5.56 Å². The molecule has 5 nitrogen and oxygen atoms in total. The molecule has 0 saturated heterocycles. The number of fused-ring (bicyclic) bond motifs is 3. The van der Waals surface area contributed by atoms with E-state index in [1.807, 2.05) is 11.4 Å². The first-order valence-electron chi connectivity index (χ1n) is 4.73. The van der Waals surface area contributed by atoms with Crippen LogP contribution in [0.4, 0.5) is 11.6 Å². The van der Waals surface area contributed by atoms with Gasteiger partial charge in [0, 0.05) is 11.8 Å². The number of carbonyl (C=O) groups is 1. The molecule has 2 aromatic rings. The molecule has 0 bridgehead atoms. The number of nitrogens with zero attached hydrogens (tertiary/aromatic N) is 2. The highest BCUT2D eigenvalue weighted by Crippen LogP contribution is 2.36. The van der Waals surface area contributed by atoms with Gasteiger partial charge in [0.15, 0.2) is 0 Å². The second-order valence-corrected chi connectivity index (χ2v) is 4.41. The maximum Gasteiger partial charge on any atom is 0.228 e. The summed E-state index contributed by atoms with van der Waals surface area (Å²) in [7, 11) is 0. The van der Waals surface area contributed by atoms with Crippen molar-refractivity contribution in [3.8, 4) is 10.6 Å². The maximum absolute atomic E-state index is 11.6. The molecule has 0 aromatic carbocycles. The Bertz CT molecular complexity index is 578. The predicted octanol–water partition coefficient (Wildman–Crippen LogP) is 1.28. The zero-order valence-electron chi connectivity index (χ0n) is 8.23. The van der Waals surface area contributed by atoms with Crippen molar-refractivity contribution in [1.29, 1.82) is 0 Å². The van der Waals surface area contributed by atoms with Crippen LogP contribution in [-0.2, 0) is 11.2 Å². The van der Waals surface area contributed by atoms with Gasteiger partial charge >= 0.3 is 0 Å². The van der Waals surface area contributed by atoms with E-state index in [1.165, 1.54) is 11.3 Å². The molecule has 3 rings (SSSR count). The zero-order chi connectivity index (χ0) is 11.1. The van der Waals surface area contributed by atoms with Gasteiger partial charge in [-0.2, -0.15) is 0 Å². The average Bonchev–Trinajstić information content (AvgIpc) is 2.64. The lowest BCUT2D eigenvalue weighted by molar-refractivity contribution is -0.115. The van der Waals surface area contributed by atoms with Gasteiger partial charge in [-0.25, -0.2) is 9.97 Å². The first-order chi connectivity index (χ1) is 7.74. The molecule has 3 heterocycles. The van der Waals surface area contributed by atoms with Crippen molar-refractivity contribution in [2.75, 3.05) is 11.1 Å². The Hall–Kier alpha value is -1.95. The van der Waals surface area contributed by atoms with Crippen molar-refractivity contribution < 1.29 is 4.79 Å². The molecule has 0 radical (unpaired) electrons. The van der Waals surface area contributed by atoms with Crippen molar-refractivity contribution in [2.45, 2.75) is 6.42 Å². The molecule has 80 valence electrons. The van der Waals surface area contributed by atoms with Gasteiger partial charge in [0.1, 0.15) is 0 Å². The SMILES string of the molecule is Nc1ncc2c(n1)-c1sccc1NC(=O)C2. The third-order valence-corrected chi connectivity index (χ3v) is 3.31. The quantitative estimate of drug-likeness (QED) is 0.717. The highest BCUT2D eigenvalue weighted by atomic mass is 32.1. The molecule has 0 fully saturated rings. The van der Waals surface area contributed by atoms with Crippen LogP contribution in [0.15, 0.2) is 17.6 Å². The van der Waals surface area contributed by atoms with Crippen LogP contribution in [0.3, 0.4) is 0 Å². The van der Waals surface area contributed by atoms with Crippen molar-refractivity contribution in [3.63, 3.8) is 0 Å². The second-order valence-electron chi connectivity index (χ2n) is 3.49. The van der Waals surface area contributed by atoms with E-state index < -0.39 is 0 Å². The number of hydrogen-bond donors (Lipinski definition) is 2. The number of nitrogens with one attached hydrogen (secondary N) is 1. The fourth-order valence-electron chi connectivity index (χ4n) is 1.70. The van der Waals surface area contributed by atoms with E-state index in [0.717, 1.165) is 21.8 Å². The molecule has 0 aliphatic carbocycles. The largest absolute Gasteiger partial charge is 0.368 e. The zero-order valence-corrected chi connectivity index (χ0v) is 9.04. The number of nitrogens with two attached hydrogens (primary N) is 1. The number of aromatic nitrogens is 2.